The molecule has 1 amide bonds. The molecule has 1 saturated heterocycles. The highest BCUT2D eigenvalue weighted by Gasteiger charge is 2.20. The molecule has 1 aromatic heterocycles. The molecular weight excluding hydrogens is 298 g/mol. The molecule has 1 N–H and O–H groups in total. The van der Waals surface area contributed by atoms with E-state index >= 15 is 0 Å². The van der Waals surface area contributed by atoms with E-state index < -0.39 is 0 Å². The van der Waals surface area contributed by atoms with E-state index in [1.807, 2.05) is 35.4 Å². The molecule has 0 spiro atoms. The number of nitrogens with one attached hydrogen (secondary N) is 1. The van der Waals surface area contributed by atoms with E-state index in [9.17, 15) is 4.79 Å². The second kappa shape index (κ2) is 6.53. The molecule has 0 radical (unpaired) electrons. The van der Waals surface area contributed by atoms with Crippen LogP contribution in [0.3, 0.4) is 0 Å². The molecule has 0 unspecified atom stereocenters. The van der Waals surface area contributed by atoms with Gasteiger partial charge in [0.2, 0.25) is 5.91 Å². The van der Waals surface area contributed by atoms with Gasteiger partial charge in [-0.25, -0.2) is 0 Å². The second-order valence-electron chi connectivity index (χ2n) is 5.85. The van der Waals surface area contributed by atoms with Crippen molar-refractivity contribution in [3.05, 3.63) is 35.5 Å². The number of rotatable bonds is 3. The lowest BCUT2D eigenvalue weighted by molar-refractivity contribution is -0.130. The van der Waals surface area contributed by atoms with Crippen LogP contribution in [0.25, 0.3) is 10.9 Å². The van der Waals surface area contributed by atoms with Gasteiger partial charge in [0.15, 0.2) is 0 Å². The van der Waals surface area contributed by atoms with Crippen molar-refractivity contribution >= 4 is 34.1 Å². The fraction of sp³-hybridized carbons (Fsp3) is 0.412. The van der Waals surface area contributed by atoms with E-state index in [0.717, 1.165) is 54.1 Å². The molecule has 3 rings (SSSR count). The number of amides is 1. The summed E-state index contributed by atoms with van der Waals surface area (Å²) in [5.74, 6) is 0.777. The summed E-state index contributed by atoms with van der Waals surface area (Å²) in [7, 11) is 0. The van der Waals surface area contributed by atoms with Gasteiger partial charge in [-0.1, -0.05) is 11.6 Å². The van der Waals surface area contributed by atoms with Gasteiger partial charge in [0, 0.05) is 48.9 Å². The smallest absolute Gasteiger partial charge is 0.219 e. The Bertz CT molecular complexity index is 681. The van der Waals surface area contributed by atoms with Crippen molar-refractivity contribution in [2.24, 2.45) is 5.92 Å². The number of hydrogen-bond donors (Lipinski definition) is 1. The van der Waals surface area contributed by atoms with Crippen molar-refractivity contribution in [1.82, 2.24) is 9.88 Å². The number of hydrogen-bond acceptors (Lipinski definition) is 3. The van der Waals surface area contributed by atoms with Gasteiger partial charge < -0.3 is 10.2 Å². The maximum absolute atomic E-state index is 11.4. The first-order valence-corrected chi connectivity index (χ1v) is 8.05. The average molecular weight is 318 g/mol. The summed E-state index contributed by atoms with van der Waals surface area (Å²) in [5, 5.41) is 5.30. The van der Waals surface area contributed by atoms with Crippen LogP contribution >= 0.6 is 11.6 Å². The van der Waals surface area contributed by atoms with Crippen LogP contribution in [0.1, 0.15) is 19.8 Å². The number of likely N-dealkylation sites (tertiary alicyclic amines) is 1. The van der Waals surface area contributed by atoms with Gasteiger partial charge in [-0.05, 0) is 43.0 Å². The average Bonchev–Trinajstić information content (AvgIpc) is 2.53. The maximum Gasteiger partial charge on any atom is 0.219 e. The lowest BCUT2D eigenvalue weighted by atomic mass is 9.96. The van der Waals surface area contributed by atoms with Gasteiger partial charge >= 0.3 is 0 Å². The molecule has 0 bridgehead atoms. The summed E-state index contributed by atoms with van der Waals surface area (Å²) in [6.07, 6.45) is 3.92. The molecule has 2 aromatic rings. The topological polar surface area (TPSA) is 45.2 Å². The number of aromatic nitrogens is 1. The minimum Gasteiger partial charge on any atom is -0.384 e. The zero-order valence-corrected chi connectivity index (χ0v) is 13.4. The van der Waals surface area contributed by atoms with Crippen LogP contribution in [0.4, 0.5) is 5.69 Å². The highest BCUT2D eigenvalue weighted by Crippen LogP contribution is 2.26. The van der Waals surface area contributed by atoms with E-state index in [2.05, 4.69) is 10.3 Å². The number of fused-ring (bicyclic) bond motifs is 1. The molecule has 0 aliphatic carbocycles. The van der Waals surface area contributed by atoms with Crippen molar-refractivity contribution in [2.45, 2.75) is 19.8 Å². The van der Waals surface area contributed by atoms with Crippen molar-refractivity contribution in [2.75, 3.05) is 25.0 Å². The number of benzene rings is 1. The predicted octanol–water partition coefficient (Wildman–Crippen LogP) is 3.56. The zero-order chi connectivity index (χ0) is 15.5. The molecule has 0 atom stereocenters. The lowest BCUT2D eigenvalue weighted by Gasteiger charge is -2.31. The standard InChI is InChI=1S/C17H20ClN3O/c1-12(22)21-8-5-13(6-9-21)11-20-17-4-7-19-16-3-2-14(18)10-15(16)17/h2-4,7,10,13H,5-6,8-9,11H2,1H3,(H,19,20). The third kappa shape index (κ3) is 3.33. The monoisotopic (exact) mass is 317 g/mol. The number of piperidine rings is 1. The van der Waals surface area contributed by atoms with Crippen LogP contribution in [0.5, 0.6) is 0 Å². The first-order chi connectivity index (χ1) is 10.6. The minimum absolute atomic E-state index is 0.182. The van der Waals surface area contributed by atoms with Gasteiger partial charge in [-0.15, -0.1) is 0 Å². The first-order valence-electron chi connectivity index (χ1n) is 7.67. The minimum atomic E-state index is 0.182. The Morgan fingerprint density at radius 3 is 2.86 bits per heavy atom. The van der Waals surface area contributed by atoms with E-state index in [1.165, 1.54) is 0 Å². The molecule has 4 nitrogen and oxygen atoms in total. The molecule has 1 aliphatic heterocycles. The quantitative estimate of drug-likeness (QED) is 0.941. The van der Waals surface area contributed by atoms with Crippen LogP contribution in [0.15, 0.2) is 30.5 Å². The first kappa shape index (κ1) is 15.1. The van der Waals surface area contributed by atoms with Crippen LogP contribution < -0.4 is 5.32 Å². The van der Waals surface area contributed by atoms with Crippen LogP contribution in [-0.2, 0) is 4.79 Å². The Hall–Kier alpha value is -1.81. The maximum atomic E-state index is 11.4. The third-order valence-electron chi connectivity index (χ3n) is 4.34. The fourth-order valence-corrected chi connectivity index (χ4v) is 3.15. The van der Waals surface area contributed by atoms with Gasteiger partial charge in [-0.3, -0.25) is 9.78 Å². The summed E-state index contributed by atoms with van der Waals surface area (Å²) in [5.41, 5.74) is 2.02. The van der Waals surface area contributed by atoms with Crippen molar-refractivity contribution in [1.29, 1.82) is 0 Å². The molecule has 1 fully saturated rings. The number of carbonyl (C=O) groups is 1. The molecule has 0 saturated carbocycles. The number of halogens is 1. The molecule has 1 aliphatic rings. The molecule has 116 valence electrons. The van der Waals surface area contributed by atoms with Crippen molar-refractivity contribution in [3.8, 4) is 0 Å². The Morgan fingerprint density at radius 1 is 1.36 bits per heavy atom. The second-order valence-corrected chi connectivity index (χ2v) is 6.29. The van der Waals surface area contributed by atoms with Crippen LogP contribution in [0.2, 0.25) is 5.02 Å². The van der Waals surface area contributed by atoms with E-state index in [1.54, 1.807) is 6.92 Å². The van der Waals surface area contributed by atoms with Gasteiger partial charge in [-0.2, -0.15) is 0 Å². The summed E-state index contributed by atoms with van der Waals surface area (Å²) in [6, 6.07) is 7.74. The summed E-state index contributed by atoms with van der Waals surface area (Å²) in [4.78, 5) is 17.6. The number of anilines is 1. The third-order valence-corrected chi connectivity index (χ3v) is 4.58. The van der Waals surface area contributed by atoms with Crippen LogP contribution in [-0.4, -0.2) is 35.4 Å². The van der Waals surface area contributed by atoms with Gasteiger partial charge in [0.25, 0.3) is 0 Å². The summed E-state index contributed by atoms with van der Waals surface area (Å²) in [6.45, 7) is 4.29. The van der Waals surface area contributed by atoms with Gasteiger partial charge in [0.1, 0.15) is 0 Å². The zero-order valence-electron chi connectivity index (χ0n) is 12.7. The van der Waals surface area contributed by atoms with Crippen LogP contribution in [0, 0.1) is 5.92 Å². The van der Waals surface area contributed by atoms with Gasteiger partial charge in [0.05, 0.1) is 5.52 Å². The Kier molecular flexibility index (Phi) is 4.48. The Balaban J connectivity index is 1.65. The molecule has 22 heavy (non-hydrogen) atoms. The van der Waals surface area contributed by atoms with E-state index in [-0.39, 0.29) is 5.91 Å². The number of nitrogens with zero attached hydrogens (tertiary/aromatic N) is 2. The summed E-state index contributed by atoms with van der Waals surface area (Å²) >= 11 is 6.09. The summed E-state index contributed by atoms with van der Waals surface area (Å²) < 4.78 is 0. The Morgan fingerprint density at radius 2 is 2.14 bits per heavy atom. The highest BCUT2D eigenvalue weighted by molar-refractivity contribution is 6.31. The van der Waals surface area contributed by atoms with E-state index in [4.69, 9.17) is 11.6 Å². The number of pyridine rings is 1. The highest BCUT2D eigenvalue weighted by atomic mass is 35.5. The molecule has 5 heteroatoms. The van der Waals surface area contributed by atoms with Crippen molar-refractivity contribution in [3.63, 3.8) is 0 Å². The molecule has 1 aromatic carbocycles. The van der Waals surface area contributed by atoms with Crippen molar-refractivity contribution < 1.29 is 4.79 Å². The molecular formula is C17H20ClN3O. The molecule has 2 heterocycles. The SMILES string of the molecule is CC(=O)N1CCC(CNc2ccnc3ccc(Cl)cc23)CC1. The number of carbonyl (C=O) groups excluding carboxylic acids is 1. The fourth-order valence-electron chi connectivity index (χ4n) is 2.98. The lowest BCUT2D eigenvalue weighted by Crippen LogP contribution is -2.38. The normalized spacial score (nSPS) is 16.0. The predicted molar refractivity (Wildman–Crippen MR) is 90.2 cm³/mol. The largest absolute Gasteiger partial charge is 0.384 e. The van der Waals surface area contributed by atoms with E-state index in [0.29, 0.717) is 5.92 Å². The Labute approximate surface area is 135 Å².